The van der Waals surface area contributed by atoms with Gasteiger partial charge in [-0.1, -0.05) is 18.2 Å². The number of pyridine rings is 1. The Morgan fingerprint density at radius 3 is 2.67 bits per heavy atom. The lowest BCUT2D eigenvalue weighted by molar-refractivity contribution is -0.0314. The van der Waals surface area contributed by atoms with Crippen molar-refractivity contribution in [3.05, 3.63) is 77.4 Å². The van der Waals surface area contributed by atoms with Crippen LogP contribution < -0.4 is 15.0 Å². The van der Waals surface area contributed by atoms with Gasteiger partial charge in [0.15, 0.2) is 5.82 Å². The Balaban J connectivity index is 1.31. The van der Waals surface area contributed by atoms with Gasteiger partial charge >= 0.3 is 0 Å². The first kappa shape index (κ1) is 26.1. The third kappa shape index (κ3) is 4.96. The minimum atomic E-state index is -0.602. The average molecular weight is 543 g/mol. The van der Waals surface area contributed by atoms with E-state index in [1.807, 2.05) is 31.2 Å². The molecule has 1 aliphatic heterocycles. The summed E-state index contributed by atoms with van der Waals surface area (Å²) in [7, 11) is 1.80. The van der Waals surface area contributed by atoms with Crippen LogP contribution in [0.3, 0.4) is 0 Å². The normalized spacial score (nSPS) is 15.7. The zero-order valence-corrected chi connectivity index (χ0v) is 22.5. The molecule has 1 amide bonds. The Morgan fingerprint density at radius 2 is 1.95 bits per heavy atom. The highest BCUT2D eigenvalue weighted by Crippen LogP contribution is 2.37. The summed E-state index contributed by atoms with van der Waals surface area (Å²) in [5, 5.41) is 21.8. The van der Waals surface area contributed by atoms with Crippen LogP contribution in [0.2, 0.25) is 0 Å². The minimum absolute atomic E-state index is 0.144. The summed E-state index contributed by atoms with van der Waals surface area (Å²) in [6.45, 7) is 3.76. The van der Waals surface area contributed by atoms with Crippen LogP contribution in [0.4, 0.5) is 10.2 Å². The molecular formula is C30H31FN6O3. The van der Waals surface area contributed by atoms with Gasteiger partial charge in [0.2, 0.25) is 5.88 Å². The second-order valence-electron chi connectivity index (χ2n) is 10.5. The van der Waals surface area contributed by atoms with Crippen LogP contribution in [0.25, 0.3) is 22.5 Å². The number of fused-ring (bicyclic) bond motifs is 1. The van der Waals surface area contributed by atoms with Gasteiger partial charge in [0.25, 0.3) is 5.91 Å². The van der Waals surface area contributed by atoms with Gasteiger partial charge in [-0.05, 0) is 72.7 Å². The number of ether oxygens (including phenoxy) is 1. The highest BCUT2D eigenvalue weighted by atomic mass is 19.1. The Bertz CT molecular complexity index is 1580. The molecule has 0 spiro atoms. The minimum Gasteiger partial charge on any atom is -0.478 e. The quantitative estimate of drug-likeness (QED) is 0.326. The zero-order chi connectivity index (χ0) is 27.9. The van der Waals surface area contributed by atoms with Crippen molar-refractivity contribution in [3.8, 4) is 28.4 Å². The van der Waals surface area contributed by atoms with E-state index in [-0.39, 0.29) is 5.91 Å². The van der Waals surface area contributed by atoms with Crippen LogP contribution >= 0.6 is 0 Å². The number of carbonyl (C=O) groups excluding carboxylic acids is 1. The molecule has 4 aromatic rings. The lowest BCUT2D eigenvalue weighted by atomic mass is 9.80. The number of amides is 1. The van der Waals surface area contributed by atoms with Crippen LogP contribution in [0, 0.1) is 5.82 Å². The summed E-state index contributed by atoms with van der Waals surface area (Å²) in [6.07, 6.45) is 4.27. The third-order valence-corrected chi connectivity index (χ3v) is 7.65. The number of nitrogens with zero attached hydrogens (tertiary/aromatic N) is 5. The van der Waals surface area contributed by atoms with Crippen LogP contribution in [0.1, 0.15) is 47.7 Å². The number of aromatic nitrogens is 4. The Kier molecular flexibility index (Phi) is 6.81. The molecule has 2 aromatic carbocycles. The number of anilines is 1. The van der Waals surface area contributed by atoms with Crippen molar-refractivity contribution in [2.24, 2.45) is 7.05 Å². The smallest absolute Gasteiger partial charge is 0.260 e. The molecule has 0 unspecified atom stereocenters. The molecule has 206 valence electrons. The van der Waals surface area contributed by atoms with E-state index in [4.69, 9.17) is 4.74 Å². The standard InChI is InChI=1S/C30H31FN6O3/c1-3-40-27-13-21(23-8-7-22(31)14-25(23)28-35-33-18-36(28)2)12-26(34-27)37-16-20-6-5-19(11-24(20)29(37)38)15-32-17-30(39)9-4-10-30/h5-8,11-14,18,32,39H,3-4,9-10,15-17H2,1-2H3. The predicted octanol–water partition coefficient (Wildman–Crippen LogP) is 4.25. The van der Waals surface area contributed by atoms with E-state index >= 15 is 0 Å². The lowest BCUT2D eigenvalue weighted by Gasteiger charge is -2.36. The van der Waals surface area contributed by atoms with E-state index in [1.54, 1.807) is 35.0 Å². The van der Waals surface area contributed by atoms with E-state index in [1.165, 1.54) is 12.1 Å². The van der Waals surface area contributed by atoms with Crippen molar-refractivity contribution < 1.29 is 19.0 Å². The first-order chi connectivity index (χ1) is 19.3. The monoisotopic (exact) mass is 542 g/mol. The molecule has 2 aliphatic rings. The molecule has 1 aliphatic carbocycles. The Labute approximate surface area is 231 Å². The van der Waals surface area contributed by atoms with Crippen LogP contribution in [-0.4, -0.2) is 49.5 Å². The number of nitrogens with one attached hydrogen (secondary N) is 1. The van der Waals surface area contributed by atoms with Gasteiger partial charge in [-0.15, -0.1) is 10.2 Å². The van der Waals surface area contributed by atoms with Crippen molar-refractivity contribution in [2.75, 3.05) is 18.1 Å². The summed E-state index contributed by atoms with van der Waals surface area (Å²) < 4.78 is 21.8. The van der Waals surface area contributed by atoms with Gasteiger partial charge < -0.3 is 19.7 Å². The molecule has 1 saturated carbocycles. The van der Waals surface area contributed by atoms with Crippen molar-refractivity contribution in [1.29, 1.82) is 0 Å². The fraction of sp³-hybridized carbons (Fsp3) is 0.333. The number of benzene rings is 2. The number of hydrogen-bond acceptors (Lipinski definition) is 7. The molecule has 1 fully saturated rings. The van der Waals surface area contributed by atoms with Crippen LogP contribution in [0.15, 0.2) is 54.9 Å². The maximum absolute atomic E-state index is 14.3. The summed E-state index contributed by atoms with van der Waals surface area (Å²) in [4.78, 5) is 19.9. The molecule has 40 heavy (non-hydrogen) atoms. The maximum atomic E-state index is 14.3. The molecule has 2 aromatic heterocycles. The van der Waals surface area contributed by atoms with Crippen molar-refractivity contribution >= 4 is 11.7 Å². The van der Waals surface area contributed by atoms with Gasteiger partial charge in [0.1, 0.15) is 18.0 Å². The third-order valence-electron chi connectivity index (χ3n) is 7.65. The van der Waals surface area contributed by atoms with Gasteiger partial charge in [-0.2, -0.15) is 4.98 Å². The van der Waals surface area contributed by atoms with Gasteiger partial charge in [-0.25, -0.2) is 4.39 Å². The van der Waals surface area contributed by atoms with Gasteiger partial charge in [-0.3, -0.25) is 9.69 Å². The van der Waals surface area contributed by atoms with Crippen LogP contribution in [-0.2, 0) is 20.1 Å². The number of hydrogen-bond donors (Lipinski definition) is 2. The van der Waals surface area contributed by atoms with Crippen LogP contribution in [0.5, 0.6) is 5.88 Å². The second kappa shape index (κ2) is 10.4. The largest absolute Gasteiger partial charge is 0.478 e. The molecule has 0 atom stereocenters. The number of rotatable bonds is 9. The summed E-state index contributed by atoms with van der Waals surface area (Å²) in [5.74, 6) is 0.793. The van der Waals surface area contributed by atoms with E-state index in [0.717, 1.165) is 30.4 Å². The first-order valence-corrected chi connectivity index (χ1v) is 13.5. The molecule has 9 nitrogen and oxygen atoms in total. The highest BCUT2D eigenvalue weighted by molar-refractivity contribution is 6.10. The van der Waals surface area contributed by atoms with Crippen molar-refractivity contribution in [1.82, 2.24) is 25.1 Å². The molecule has 0 bridgehead atoms. The van der Waals surface area contributed by atoms with E-state index in [0.29, 0.717) is 66.0 Å². The predicted molar refractivity (Wildman–Crippen MR) is 148 cm³/mol. The van der Waals surface area contributed by atoms with E-state index in [2.05, 4.69) is 20.5 Å². The lowest BCUT2D eigenvalue weighted by Crippen LogP contribution is -2.45. The molecule has 0 radical (unpaired) electrons. The zero-order valence-electron chi connectivity index (χ0n) is 22.5. The van der Waals surface area contributed by atoms with Gasteiger partial charge in [0.05, 0.1) is 18.8 Å². The molecule has 3 heterocycles. The maximum Gasteiger partial charge on any atom is 0.260 e. The summed E-state index contributed by atoms with van der Waals surface area (Å²) in [5.41, 5.74) is 3.93. The number of carbonyl (C=O) groups is 1. The van der Waals surface area contributed by atoms with E-state index < -0.39 is 11.4 Å². The molecule has 6 rings (SSSR count). The van der Waals surface area contributed by atoms with E-state index in [9.17, 15) is 14.3 Å². The summed E-state index contributed by atoms with van der Waals surface area (Å²) in [6, 6.07) is 14.0. The molecule has 0 saturated heterocycles. The fourth-order valence-electron chi connectivity index (χ4n) is 5.33. The van der Waals surface area contributed by atoms with Crippen molar-refractivity contribution in [2.45, 2.75) is 44.9 Å². The number of halogens is 1. The first-order valence-electron chi connectivity index (χ1n) is 13.5. The second-order valence-corrected chi connectivity index (χ2v) is 10.5. The molecule has 2 N–H and O–H groups in total. The fourth-order valence-corrected chi connectivity index (χ4v) is 5.33. The Hall–Kier alpha value is -4.15. The SMILES string of the molecule is CCOc1cc(-c2ccc(F)cc2-c2nncn2C)cc(N2Cc3ccc(CNCC4(O)CCC4)cc3C2=O)n1. The van der Waals surface area contributed by atoms with Crippen molar-refractivity contribution in [3.63, 3.8) is 0 Å². The number of aliphatic hydroxyl groups is 1. The summed E-state index contributed by atoms with van der Waals surface area (Å²) >= 11 is 0. The molecular weight excluding hydrogens is 511 g/mol. The highest BCUT2D eigenvalue weighted by Gasteiger charge is 2.34. The Morgan fingerprint density at radius 1 is 1.10 bits per heavy atom. The van der Waals surface area contributed by atoms with Gasteiger partial charge in [0, 0.05) is 37.3 Å². The molecule has 10 heteroatoms. The topological polar surface area (TPSA) is 105 Å². The average Bonchev–Trinajstić information content (AvgIpc) is 3.50. The number of aryl methyl sites for hydroxylation is 1.